The van der Waals surface area contributed by atoms with E-state index in [1.165, 1.54) is 18.6 Å². The fourth-order valence-corrected chi connectivity index (χ4v) is 5.38. The Morgan fingerprint density at radius 1 is 1.06 bits per heavy atom. The van der Waals surface area contributed by atoms with Crippen LogP contribution in [-0.4, -0.2) is 38.0 Å². The minimum atomic E-state index is -0.318. The van der Waals surface area contributed by atoms with Gasteiger partial charge in [0.15, 0.2) is 5.65 Å². The Kier molecular flexibility index (Phi) is 5.81. The van der Waals surface area contributed by atoms with Gasteiger partial charge in [-0.15, -0.1) is 0 Å². The Labute approximate surface area is 186 Å². The molecule has 2 fully saturated rings. The number of likely N-dealkylation sites (tertiary alicyclic amines) is 1. The van der Waals surface area contributed by atoms with Crippen LogP contribution < -0.4 is 5.69 Å². The largest absolute Gasteiger partial charge is 0.340 e. The highest BCUT2D eigenvalue weighted by Gasteiger charge is 2.32. The summed E-state index contributed by atoms with van der Waals surface area (Å²) in [6, 6.07) is 9.92. The Morgan fingerprint density at radius 3 is 2.72 bits per heavy atom. The molecule has 1 saturated carbocycles. The predicted molar refractivity (Wildman–Crippen MR) is 121 cm³/mol. The molecule has 7 heteroatoms. The summed E-state index contributed by atoms with van der Waals surface area (Å²) in [4.78, 5) is 33.2. The predicted octanol–water partition coefficient (Wildman–Crippen LogP) is 4.13. The van der Waals surface area contributed by atoms with Crippen molar-refractivity contribution in [1.29, 1.82) is 0 Å². The standard InChI is InChI=1S/C25H29FN4O2/c26-20-10-4-7-18(15-20)16-29-22-12-5-13-27-23(22)30(25(29)32)21-11-6-14-28(17-21)24(31)19-8-2-1-3-9-19/h4-5,7,10,12-13,15,19,21H,1-3,6,8-9,11,14,16-17H2/t21-/m0/s1. The van der Waals surface area contributed by atoms with Crippen LogP contribution >= 0.6 is 0 Å². The first-order chi connectivity index (χ1) is 15.6. The Hall–Kier alpha value is -2.96. The molecule has 0 bridgehead atoms. The number of imidazole rings is 1. The smallest absolute Gasteiger partial charge is 0.330 e. The van der Waals surface area contributed by atoms with E-state index in [0.717, 1.165) is 56.1 Å². The van der Waals surface area contributed by atoms with Gasteiger partial charge >= 0.3 is 5.69 Å². The Bertz CT molecular complexity index is 1180. The molecule has 3 aromatic rings. The summed E-state index contributed by atoms with van der Waals surface area (Å²) in [5.41, 5.74) is 1.94. The maximum atomic E-state index is 13.7. The summed E-state index contributed by atoms with van der Waals surface area (Å²) in [6.45, 7) is 1.59. The normalized spacial score (nSPS) is 20.0. The van der Waals surface area contributed by atoms with Crippen molar-refractivity contribution in [3.63, 3.8) is 0 Å². The first kappa shape index (κ1) is 20.9. The molecule has 2 aromatic heterocycles. The fourth-order valence-electron chi connectivity index (χ4n) is 5.38. The first-order valence-electron chi connectivity index (χ1n) is 11.7. The summed E-state index contributed by atoms with van der Waals surface area (Å²) in [5, 5.41) is 0. The van der Waals surface area contributed by atoms with Gasteiger partial charge in [0.05, 0.1) is 18.1 Å². The number of fused-ring (bicyclic) bond motifs is 1. The lowest BCUT2D eigenvalue weighted by atomic mass is 9.87. The topological polar surface area (TPSA) is 60.1 Å². The summed E-state index contributed by atoms with van der Waals surface area (Å²) in [6.07, 6.45) is 8.85. The van der Waals surface area contributed by atoms with Crippen molar-refractivity contribution in [3.05, 3.63) is 64.5 Å². The van der Waals surface area contributed by atoms with Gasteiger partial charge in [-0.3, -0.25) is 13.9 Å². The maximum absolute atomic E-state index is 13.7. The van der Waals surface area contributed by atoms with E-state index in [2.05, 4.69) is 4.98 Å². The van der Waals surface area contributed by atoms with Crippen molar-refractivity contribution in [1.82, 2.24) is 19.0 Å². The second kappa shape index (κ2) is 8.88. The average Bonchev–Trinajstić information content (AvgIpc) is 3.10. The minimum absolute atomic E-state index is 0.102. The van der Waals surface area contributed by atoms with Gasteiger partial charge in [0, 0.05) is 25.2 Å². The van der Waals surface area contributed by atoms with E-state index < -0.39 is 0 Å². The van der Waals surface area contributed by atoms with E-state index in [1.807, 2.05) is 23.1 Å². The molecule has 2 aliphatic rings. The van der Waals surface area contributed by atoms with E-state index >= 15 is 0 Å². The van der Waals surface area contributed by atoms with Gasteiger partial charge in [-0.05, 0) is 55.5 Å². The highest BCUT2D eigenvalue weighted by molar-refractivity contribution is 5.79. The molecule has 0 spiro atoms. The van der Waals surface area contributed by atoms with E-state index in [9.17, 15) is 14.0 Å². The Morgan fingerprint density at radius 2 is 1.91 bits per heavy atom. The summed E-state index contributed by atoms with van der Waals surface area (Å²) >= 11 is 0. The number of halogens is 1. The van der Waals surface area contributed by atoms with Crippen molar-refractivity contribution < 1.29 is 9.18 Å². The molecular weight excluding hydrogens is 407 g/mol. The summed E-state index contributed by atoms with van der Waals surface area (Å²) in [5.74, 6) is 0.0622. The molecule has 168 valence electrons. The molecule has 3 heterocycles. The molecule has 0 unspecified atom stereocenters. The third-order valence-corrected chi connectivity index (χ3v) is 6.98. The number of benzene rings is 1. The molecule has 1 atom stereocenters. The highest BCUT2D eigenvalue weighted by atomic mass is 19.1. The number of rotatable bonds is 4. The number of nitrogens with zero attached hydrogens (tertiary/aromatic N) is 4. The van der Waals surface area contributed by atoms with Crippen LogP contribution in [0.15, 0.2) is 47.4 Å². The zero-order chi connectivity index (χ0) is 22.1. The second-order valence-electron chi connectivity index (χ2n) is 9.13. The van der Waals surface area contributed by atoms with Gasteiger partial charge in [-0.25, -0.2) is 14.2 Å². The van der Waals surface area contributed by atoms with Crippen molar-refractivity contribution in [2.45, 2.75) is 57.5 Å². The number of pyridine rings is 1. The van der Waals surface area contributed by atoms with Gasteiger partial charge in [-0.2, -0.15) is 0 Å². The van der Waals surface area contributed by atoms with E-state index in [4.69, 9.17) is 0 Å². The summed E-state index contributed by atoms with van der Waals surface area (Å²) in [7, 11) is 0. The van der Waals surface area contributed by atoms with Crippen LogP contribution in [-0.2, 0) is 11.3 Å². The van der Waals surface area contributed by atoms with E-state index in [1.54, 1.807) is 21.4 Å². The average molecular weight is 437 g/mol. The zero-order valence-electron chi connectivity index (χ0n) is 18.3. The van der Waals surface area contributed by atoms with Crippen LogP contribution in [0, 0.1) is 11.7 Å². The van der Waals surface area contributed by atoms with Crippen LogP contribution in [0.1, 0.15) is 56.6 Å². The van der Waals surface area contributed by atoms with Crippen molar-refractivity contribution in [3.8, 4) is 0 Å². The van der Waals surface area contributed by atoms with Gasteiger partial charge in [0.25, 0.3) is 0 Å². The van der Waals surface area contributed by atoms with Crippen LogP contribution in [0.2, 0.25) is 0 Å². The lowest BCUT2D eigenvalue weighted by molar-refractivity contribution is -0.138. The molecule has 1 aromatic carbocycles. The van der Waals surface area contributed by atoms with Crippen molar-refractivity contribution in [2.24, 2.45) is 5.92 Å². The van der Waals surface area contributed by atoms with Gasteiger partial charge in [-0.1, -0.05) is 31.4 Å². The van der Waals surface area contributed by atoms with E-state index in [-0.39, 0.29) is 35.9 Å². The molecule has 1 saturated heterocycles. The summed E-state index contributed by atoms with van der Waals surface area (Å²) < 4.78 is 17.1. The number of hydrogen-bond acceptors (Lipinski definition) is 3. The lowest BCUT2D eigenvalue weighted by Crippen LogP contribution is -2.45. The van der Waals surface area contributed by atoms with Crippen LogP contribution in [0.4, 0.5) is 4.39 Å². The third-order valence-electron chi connectivity index (χ3n) is 6.98. The van der Waals surface area contributed by atoms with Crippen LogP contribution in [0.25, 0.3) is 11.2 Å². The van der Waals surface area contributed by atoms with Crippen molar-refractivity contribution in [2.75, 3.05) is 13.1 Å². The molecule has 0 N–H and O–H groups in total. The van der Waals surface area contributed by atoms with Crippen LogP contribution in [0.3, 0.4) is 0 Å². The van der Waals surface area contributed by atoms with Gasteiger partial charge in [0.2, 0.25) is 5.91 Å². The molecule has 1 aliphatic heterocycles. The number of hydrogen-bond donors (Lipinski definition) is 0. The monoisotopic (exact) mass is 436 g/mol. The van der Waals surface area contributed by atoms with Gasteiger partial charge in [0.1, 0.15) is 5.82 Å². The lowest BCUT2D eigenvalue weighted by Gasteiger charge is -2.36. The number of aromatic nitrogens is 3. The van der Waals surface area contributed by atoms with Gasteiger partial charge < -0.3 is 4.90 Å². The number of carbonyl (C=O) groups excluding carboxylic acids is 1. The number of piperidine rings is 1. The molecule has 1 amide bonds. The Balaban J connectivity index is 1.46. The van der Waals surface area contributed by atoms with Crippen LogP contribution in [0.5, 0.6) is 0 Å². The molecule has 1 aliphatic carbocycles. The number of amides is 1. The number of carbonyl (C=O) groups is 1. The quantitative estimate of drug-likeness (QED) is 0.618. The highest BCUT2D eigenvalue weighted by Crippen LogP contribution is 2.29. The minimum Gasteiger partial charge on any atom is -0.340 e. The third kappa shape index (κ3) is 3.96. The first-order valence-corrected chi connectivity index (χ1v) is 11.7. The maximum Gasteiger partial charge on any atom is 0.330 e. The fraction of sp³-hybridized carbons (Fsp3) is 0.480. The van der Waals surface area contributed by atoms with E-state index in [0.29, 0.717) is 12.2 Å². The molecule has 32 heavy (non-hydrogen) atoms. The molecule has 5 rings (SSSR count). The second-order valence-corrected chi connectivity index (χ2v) is 9.13. The zero-order valence-corrected chi connectivity index (χ0v) is 18.3. The van der Waals surface area contributed by atoms with Crippen molar-refractivity contribution >= 4 is 17.1 Å². The SMILES string of the molecule is O=C(C1CCCCC1)N1CCC[C@H](n2c(=O)n(Cc3cccc(F)c3)c3cccnc32)C1. The molecule has 0 radical (unpaired) electrons. The molecular formula is C25H29FN4O2. The molecule has 6 nitrogen and oxygen atoms in total.